The van der Waals surface area contributed by atoms with E-state index in [4.69, 9.17) is 0 Å². The molecule has 2 aliphatic heterocycles. The van der Waals surface area contributed by atoms with E-state index in [1.165, 1.54) is 6.42 Å². The Balaban J connectivity index is 1.60. The number of carbonyl (C=O) groups is 2. The van der Waals surface area contributed by atoms with E-state index < -0.39 is 0 Å². The number of piperidine rings is 1. The van der Waals surface area contributed by atoms with E-state index in [1.807, 2.05) is 35.2 Å². The van der Waals surface area contributed by atoms with Gasteiger partial charge in [0.2, 0.25) is 5.91 Å². The summed E-state index contributed by atoms with van der Waals surface area (Å²) in [5, 5.41) is 3.07. The van der Waals surface area contributed by atoms with Crippen molar-refractivity contribution in [1.82, 2.24) is 10.2 Å². The smallest absolute Gasteiger partial charge is 0.317 e. The zero-order valence-electron chi connectivity index (χ0n) is 13.7. The van der Waals surface area contributed by atoms with E-state index >= 15 is 0 Å². The Morgan fingerprint density at radius 2 is 2.04 bits per heavy atom. The van der Waals surface area contributed by atoms with Gasteiger partial charge < -0.3 is 15.1 Å². The summed E-state index contributed by atoms with van der Waals surface area (Å²) >= 11 is 0. The summed E-state index contributed by atoms with van der Waals surface area (Å²) in [5.41, 5.74) is 0.902. The molecule has 0 saturated carbocycles. The molecule has 1 N–H and O–H groups in total. The zero-order chi connectivity index (χ0) is 16.2. The standard InChI is InChI=1S/C18H25N3O2/c1-2-15-8-6-7-11-20(15)18(23)19-14-12-17(22)21(13-14)16-9-4-3-5-10-16/h3-5,9-10,14-15H,2,6-8,11-13H2,1H3,(H,19,23)/t14-,15-/m0/s1. The fourth-order valence-corrected chi connectivity index (χ4v) is 3.61. The van der Waals surface area contributed by atoms with Crippen molar-refractivity contribution in [2.75, 3.05) is 18.0 Å². The van der Waals surface area contributed by atoms with Gasteiger partial charge in [0, 0.05) is 31.2 Å². The molecule has 2 heterocycles. The normalized spacial score (nSPS) is 24.8. The van der Waals surface area contributed by atoms with Gasteiger partial charge >= 0.3 is 6.03 Å². The number of amides is 3. The molecule has 0 spiro atoms. The molecule has 0 bridgehead atoms. The Kier molecular flexibility index (Phi) is 4.84. The lowest BCUT2D eigenvalue weighted by Crippen LogP contribution is -2.51. The van der Waals surface area contributed by atoms with E-state index in [9.17, 15) is 9.59 Å². The van der Waals surface area contributed by atoms with Crippen LogP contribution >= 0.6 is 0 Å². The first-order valence-corrected chi connectivity index (χ1v) is 8.61. The van der Waals surface area contributed by atoms with Crippen LogP contribution in [-0.2, 0) is 4.79 Å². The molecule has 2 atom stereocenters. The van der Waals surface area contributed by atoms with Crippen LogP contribution < -0.4 is 10.2 Å². The van der Waals surface area contributed by atoms with Crippen molar-refractivity contribution in [1.29, 1.82) is 0 Å². The molecule has 2 fully saturated rings. The molecule has 5 nitrogen and oxygen atoms in total. The lowest BCUT2D eigenvalue weighted by molar-refractivity contribution is -0.117. The zero-order valence-corrected chi connectivity index (χ0v) is 13.7. The third kappa shape index (κ3) is 3.49. The highest BCUT2D eigenvalue weighted by atomic mass is 16.2. The third-order valence-corrected chi connectivity index (χ3v) is 4.88. The highest BCUT2D eigenvalue weighted by Gasteiger charge is 2.33. The second-order valence-corrected chi connectivity index (χ2v) is 6.44. The van der Waals surface area contributed by atoms with Crippen LogP contribution in [0, 0.1) is 0 Å². The van der Waals surface area contributed by atoms with E-state index in [2.05, 4.69) is 12.2 Å². The number of likely N-dealkylation sites (tertiary alicyclic amines) is 1. The number of carbonyl (C=O) groups excluding carboxylic acids is 2. The van der Waals surface area contributed by atoms with Gasteiger partial charge in [-0.3, -0.25) is 4.79 Å². The van der Waals surface area contributed by atoms with Crippen molar-refractivity contribution in [3.8, 4) is 0 Å². The van der Waals surface area contributed by atoms with E-state index in [1.54, 1.807) is 4.90 Å². The van der Waals surface area contributed by atoms with Crippen LogP contribution in [0.15, 0.2) is 30.3 Å². The summed E-state index contributed by atoms with van der Waals surface area (Å²) < 4.78 is 0. The fourth-order valence-electron chi connectivity index (χ4n) is 3.61. The number of benzene rings is 1. The number of hydrogen-bond donors (Lipinski definition) is 1. The Morgan fingerprint density at radius 1 is 1.26 bits per heavy atom. The molecule has 5 heteroatoms. The van der Waals surface area contributed by atoms with Crippen LogP contribution in [0.2, 0.25) is 0 Å². The molecular weight excluding hydrogens is 290 g/mol. The van der Waals surface area contributed by atoms with Crippen LogP contribution in [0.5, 0.6) is 0 Å². The first kappa shape index (κ1) is 15.8. The van der Waals surface area contributed by atoms with Gasteiger partial charge in [-0.05, 0) is 37.8 Å². The molecule has 2 aliphatic rings. The van der Waals surface area contributed by atoms with Gasteiger partial charge in [0.15, 0.2) is 0 Å². The summed E-state index contributed by atoms with van der Waals surface area (Å²) in [6.45, 7) is 3.51. The van der Waals surface area contributed by atoms with Crippen LogP contribution in [0.4, 0.5) is 10.5 Å². The summed E-state index contributed by atoms with van der Waals surface area (Å²) in [4.78, 5) is 28.5. The number of nitrogens with one attached hydrogen (secondary N) is 1. The number of urea groups is 1. The molecule has 0 unspecified atom stereocenters. The van der Waals surface area contributed by atoms with E-state index in [0.29, 0.717) is 19.0 Å². The molecule has 1 aromatic rings. The molecule has 1 aromatic carbocycles. The summed E-state index contributed by atoms with van der Waals surface area (Å²) in [7, 11) is 0. The van der Waals surface area contributed by atoms with Crippen molar-refractivity contribution < 1.29 is 9.59 Å². The second kappa shape index (κ2) is 7.02. The maximum Gasteiger partial charge on any atom is 0.317 e. The van der Waals surface area contributed by atoms with Crippen molar-refractivity contribution in [2.45, 2.75) is 51.1 Å². The lowest BCUT2D eigenvalue weighted by atomic mass is 10.0. The number of nitrogens with zero attached hydrogens (tertiary/aromatic N) is 2. The Labute approximate surface area is 137 Å². The maximum absolute atomic E-state index is 12.6. The second-order valence-electron chi connectivity index (χ2n) is 6.44. The van der Waals surface area contributed by atoms with Gasteiger partial charge in [-0.25, -0.2) is 4.79 Å². The highest BCUT2D eigenvalue weighted by Crippen LogP contribution is 2.23. The van der Waals surface area contributed by atoms with Gasteiger partial charge in [-0.1, -0.05) is 25.1 Å². The maximum atomic E-state index is 12.6. The third-order valence-electron chi connectivity index (χ3n) is 4.88. The average Bonchev–Trinajstić information content (AvgIpc) is 2.95. The van der Waals surface area contributed by atoms with Crippen LogP contribution in [0.25, 0.3) is 0 Å². The fraction of sp³-hybridized carbons (Fsp3) is 0.556. The molecule has 0 radical (unpaired) electrons. The van der Waals surface area contributed by atoms with Gasteiger partial charge in [-0.15, -0.1) is 0 Å². The largest absolute Gasteiger partial charge is 0.333 e. The molecular formula is C18H25N3O2. The quantitative estimate of drug-likeness (QED) is 0.932. The minimum absolute atomic E-state index is 0.00994. The minimum Gasteiger partial charge on any atom is -0.333 e. The van der Waals surface area contributed by atoms with Crippen molar-refractivity contribution in [3.63, 3.8) is 0 Å². The predicted molar refractivity (Wildman–Crippen MR) is 90.4 cm³/mol. The minimum atomic E-state index is -0.102. The molecule has 3 amide bonds. The van der Waals surface area contributed by atoms with Crippen LogP contribution in [0.3, 0.4) is 0 Å². The van der Waals surface area contributed by atoms with Gasteiger partial charge in [0.25, 0.3) is 0 Å². The van der Waals surface area contributed by atoms with Crippen molar-refractivity contribution >= 4 is 17.6 Å². The predicted octanol–water partition coefficient (Wildman–Crippen LogP) is 2.77. The Morgan fingerprint density at radius 3 is 2.78 bits per heavy atom. The summed E-state index contributed by atoms with van der Waals surface area (Å²) in [6.07, 6.45) is 4.73. The van der Waals surface area contributed by atoms with Gasteiger partial charge in [0.05, 0.1) is 6.04 Å². The van der Waals surface area contributed by atoms with Gasteiger partial charge in [-0.2, -0.15) is 0 Å². The number of hydrogen-bond acceptors (Lipinski definition) is 2. The van der Waals surface area contributed by atoms with Crippen LogP contribution in [0.1, 0.15) is 39.0 Å². The summed E-state index contributed by atoms with van der Waals surface area (Å²) in [5.74, 6) is 0.0761. The van der Waals surface area contributed by atoms with Gasteiger partial charge in [0.1, 0.15) is 0 Å². The molecule has 0 aliphatic carbocycles. The molecule has 3 rings (SSSR count). The highest BCUT2D eigenvalue weighted by molar-refractivity contribution is 5.96. The molecule has 2 saturated heterocycles. The number of para-hydroxylation sites is 1. The van der Waals surface area contributed by atoms with Crippen molar-refractivity contribution in [2.24, 2.45) is 0 Å². The molecule has 0 aromatic heterocycles. The average molecular weight is 315 g/mol. The SMILES string of the molecule is CC[C@H]1CCCCN1C(=O)N[C@H]1CC(=O)N(c2ccccc2)C1. The molecule has 124 valence electrons. The molecule has 23 heavy (non-hydrogen) atoms. The summed E-state index contributed by atoms with van der Waals surface area (Å²) in [6, 6.07) is 9.87. The van der Waals surface area contributed by atoms with E-state index in [0.717, 1.165) is 31.5 Å². The Bertz CT molecular complexity index is 561. The monoisotopic (exact) mass is 315 g/mol. The lowest BCUT2D eigenvalue weighted by Gasteiger charge is -2.35. The van der Waals surface area contributed by atoms with E-state index in [-0.39, 0.29) is 18.0 Å². The Hall–Kier alpha value is -2.04. The first-order chi connectivity index (χ1) is 11.2. The van der Waals surface area contributed by atoms with Crippen LogP contribution in [-0.4, -0.2) is 42.0 Å². The number of rotatable bonds is 3. The topological polar surface area (TPSA) is 52.7 Å². The number of anilines is 1. The first-order valence-electron chi connectivity index (χ1n) is 8.61. The van der Waals surface area contributed by atoms with Crippen molar-refractivity contribution in [3.05, 3.63) is 30.3 Å².